The van der Waals surface area contributed by atoms with Gasteiger partial charge in [-0.2, -0.15) is 5.26 Å². The molecule has 2 heterocycles. The molecule has 0 unspecified atom stereocenters. The monoisotopic (exact) mass is 328 g/mol. The second-order valence-corrected chi connectivity index (χ2v) is 6.39. The minimum atomic E-state index is -0.396. The molecular weight excluding hydrogens is 312 g/mol. The lowest BCUT2D eigenvalue weighted by atomic mass is 9.85. The van der Waals surface area contributed by atoms with Gasteiger partial charge in [0.25, 0.3) is 0 Å². The van der Waals surface area contributed by atoms with Gasteiger partial charge in [-0.05, 0) is 41.8 Å². The fourth-order valence-corrected chi connectivity index (χ4v) is 3.73. The lowest BCUT2D eigenvalue weighted by Crippen LogP contribution is -2.29. The van der Waals surface area contributed by atoms with Crippen molar-refractivity contribution in [2.24, 2.45) is 5.73 Å². The number of ether oxygens (including phenoxy) is 1. The Kier molecular flexibility index (Phi) is 4.03. The van der Waals surface area contributed by atoms with Gasteiger partial charge in [-0.25, -0.2) is 9.78 Å². The molecular formula is C16H16N4O2S. The fraction of sp³-hybridized carbons (Fsp3) is 0.312. The fourth-order valence-electron chi connectivity index (χ4n) is 2.91. The third-order valence-electron chi connectivity index (χ3n) is 4.02. The maximum atomic E-state index is 11.7. The minimum absolute atomic E-state index is 0.0388. The van der Waals surface area contributed by atoms with Gasteiger partial charge in [0.05, 0.1) is 7.11 Å². The van der Waals surface area contributed by atoms with E-state index in [0.29, 0.717) is 16.9 Å². The van der Waals surface area contributed by atoms with Crippen LogP contribution in [0.5, 0.6) is 0 Å². The lowest BCUT2D eigenvalue weighted by Gasteiger charge is -2.24. The van der Waals surface area contributed by atoms with E-state index < -0.39 is 5.97 Å². The smallest absolute Gasteiger partial charge is 0.348 e. The molecule has 0 saturated carbocycles. The summed E-state index contributed by atoms with van der Waals surface area (Å²) in [6.07, 6.45) is 2.24. The number of esters is 1. The van der Waals surface area contributed by atoms with Crippen LogP contribution in [0.3, 0.4) is 0 Å². The molecule has 4 N–H and O–H groups in total. The topological polar surface area (TPSA) is 115 Å². The van der Waals surface area contributed by atoms with E-state index in [1.165, 1.54) is 18.4 Å². The number of aromatic nitrogens is 1. The molecule has 118 valence electrons. The molecule has 0 bridgehead atoms. The molecule has 2 aromatic heterocycles. The van der Waals surface area contributed by atoms with E-state index in [0.717, 1.165) is 35.2 Å². The van der Waals surface area contributed by atoms with Gasteiger partial charge in [0.15, 0.2) is 0 Å². The van der Waals surface area contributed by atoms with Crippen molar-refractivity contribution in [3.05, 3.63) is 33.1 Å². The number of pyridine rings is 1. The zero-order valence-electron chi connectivity index (χ0n) is 12.6. The van der Waals surface area contributed by atoms with Crippen LogP contribution in [0.1, 0.15) is 32.9 Å². The van der Waals surface area contributed by atoms with Crippen molar-refractivity contribution in [1.29, 1.82) is 5.26 Å². The third kappa shape index (κ3) is 2.67. The third-order valence-corrected chi connectivity index (χ3v) is 4.93. The van der Waals surface area contributed by atoms with Gasteiger partial charge >= 0.3 is 5.97 Å². The van der Waals surface area contributed by atoms with Crippen LogP contribution in [0, 0.1) is 11.3 Å². The summed E-state index contributed by atoms with van der Waals surface area (Å²) in [4.78, 5) is 16.5. The first-order valence-corrected chi connectivity index (χ1v) is 8.07. The molecule has 1 aliphatic rings. The Balaban J connectivity index is 2.21. The summed E-state index contributed by atoms with van der Waals surface area (Å²) >= 11 is 1.28. The Morgan fingerprint density at radius 2 is 2.35 bits per heavy atom. The predicted molar refractivity (Wildman–Crippen MR) is 88.0 cm³/mol. The highest BCUT2D eigenvalue weighted by atomic mass is 32.1. The summed E-state index contributed by atoms with van der Waals surface area (Å²) in [5.74, 6) is -0.171. The number of thiophene rings is 1. The van der Waals surface area contributed by atoms with Gasteiger partial charge in [-0.3, -0.25) is 0 Å². The van der Waals surface area contributed by atoms with Gasteiger partial charge in [0, 0.05) is 17.3 Å². The molecule has 2 aromatic rings. The van der Waals surface area contributed by atoms with E-state index in [4.69, 9.17) is 16.2 Å². The van der Waals surface area contributed by atoms with Crippen molar-refractivity contribution < 1.29 is 9.53 Å². The molecule has 1 aliphatic carbocycles. The number of hydrogen-bond acceptors (Lipinski definition) is 7. The van der Waals surface area contributed by atoms with E-state index >= 15 is 0 Å². The maximum Gasteiger partial charge on any atom is 0.348 e. The number of nitrogens with two attached hydrogens (primary N) is 2. The lowest BCUT2D eigenvalue weighted by molar-refractivity contribution is 0.0606. The number of nitrogen functional groups attached to an aromatic ring is 1. The number of rotatable bonds is 2. The molecule has 0 aromatic carbocycles. The number of carbonyl (C=O) groups excluding carboxylic acids is 1. The zero-order valence-corrected chi connectivity index (χ0v) is 13.4. The number of anilines is 1. The van der Waals surface area contributed by atoms with Gasteiger partial charge in [-0.15, -0.1) is 11.3 Å². The van der Waals surface area contributed by atoms with Crippen LogP contribution in [0.25, 0.3) is 11.1 Å². The highest BCUT2D eigenvalue weighted by Crippen LogP contribution is 2.37. The Hall–Kier alpha value is -2.43. The van der Waals surface area contributed by atoms with E-state index in [-0.39, 0.29) is 11.9 Å². The average molecular weight is 328 g/mol. The minimum Gasteiger partial charge on any atom is -0.465 e. The predicted octanol–water partition coefficient (Wildman–Crippen LogP) is 1.87. The van der Waals surface area contributed by atoms with Crippen LogP contribution in [0.15, 0.2) is 11.4 Å². The van der Waals surface area contributed by atoms with Crippen molar-refractivity contribution in [3.8, 4) is 17.2 Å². The van der Waals surface area contributed by atoms with Gasteiger partial charge in [0.1, 0.15) is 22.3 Å². The van der Waals surface area contributed by atoms with Crippen molar-refractivity contribution in [2.45, 2.75) is 25.3 Å². The number of methoxy groups -OCH3 is 1. The number of fused-ring (bicyclic) bond motifs is 1. The second-order valence-electron chi connectivity index (χ2n) is 5.48. The van der Waals surface area contributed by atoms with Gasteiger partial charge in [0.2, 0.25) is 0 Å². The van der Waals surface area contributed by atoms with Crippen molar-refractivity contribution >= 4 is 23.1 Å². The summed E-state index contributed by atoms with van der Waals surface area (Å²) < 4.78 is 4.74. The van der Waals surface area contributed by atoms with E-state index in [1.807, 2.05) is 5.38 Å². The van der Waals surface area contributed by atoms with Crippen molar-refractivity contribution in [1.82, 2.24) is 4.98 Å². The summed E-state index contributed by atoms with van der Waals surface area (Å²) in [6.45, 7) is 0. The van der Waals surface area contributed by atoms with Crippen LogP contribution in [0.4, 0.5) is 5.82 Å². The second kappa shape index (κ2) is 5.99. The molecule has 0 amide bonds. The molecule has 0 saturated heterocycles. The van der Waals surface area contributed by atoms with Crippen LogP contribution >= 0.6 is 11.3 Å². The summed E-state index contributed by atoms with van der Waals surface area (Å²) in [6, 6.07) is 3.91. The Labute approximate surface area is 137 Å². The molecule has 0 fully saturated rings. The highest BCUT2D eigenvalue weighted by Gasteiger charge is 2.26. The van der Waals surface area contributed by atoms with Crippen LogP contribution in [0.2, 0.25) is 0 Å². The standard InChI is InChI=1S/C16H16N4O2S/c1-22-16(21)13-4-8(7-23-13)14-10-5-9(18)2-3-12(10)20-15(19)11(14)6-17/h4,7,9H,2-3,5,18H2,1H3,(H2,19,20)/t9-/m0/s1. The first-order chi connectivity index (χ1) is 11.0. The summed E-state index contributed by atoms with van der Waals surface area (Å²) in [5, 5.41) is 11.3. The zero-order chi connectivity index (χ0) is 16.6. The van der Waals surface area contributed by atoms with E-state index in [2.05, 4.69) is 11.1 Å². The molecule has 0 radical (unpaired) electrons. The number of carbonyl (C=O) groups is 1. The molecule has 3 rings (SSSR count). The molecule has 0 spiro atoms. The molecule has 0 aliphatic heterocycles. The van der Waals surface area contributed by atoms with Gasteiger partial charge in [-0.1, -0.05) is 0 Å². The maximum absolute atomic E-state index is 11.7. The molecule has 7 heteroatoms. The number of aryl methyl sites for hydroxylation is 1. The number of hydrogen-bond donors (Lipinski definition) is 2. The van der Waals surface area contributed by atoms with Gasteiger partial charge < -0.3 is 16.2 Å². The van der Waals surface area contributed by atoms with E-state index in [1.54, 1.807) is 6.07 Å². The number of nitriles is 1. The van der Waals surface area contributed by atoms with Crippen molar-refractivity contribution in [3.63, 3.8) is 0 Å². The highest BCUT2D eigenvalue weighted by molar-refractivity contribution is 7.12. The number of nitrogens with zero attached hydrogens (tertiary/aromatic N) is 2. The summed E-state index contributed by atoms with van der Waals surface area (Å²) in [5.41, 5.74) is 15.8. The SMILES string of the molecule is COC(=O)c1cc(-c2c(C#N)c(N)nc3c2C[C@@H](N)CC3)cs1. The Morgan fingerprint density at radius 3 is 3.04 bits per heavy atom. The van der Waals surface area contributed by atoms with Crippen LogP contribution < -0.4 is 11.5 Å². The first kappa shape index (κ1) is 15.5. The Morgan fingerprint density at radius 1 is 1.57 bits per heavy atom. The van der Waals surface area contributed by atoms with Crippen molar-refractivity contribution in [2.75, 3.05) is 12.8 Å². The van der Waals surface area contributed by atoms with Crippen LogP contribution in [-0.2, 0) is 17.6 Å². The molecule has 1 atom stereocenters. The molecule has 6 nitrogen and oxygen atoms in total. The average Bonchev–Trinajstić information content (AvgIpc) is 3.02. The first-order valence-electron chi connectivity index (χ1n) is 7.19. The van der Waals surface area contributed by atoms with Crippen LogP contribution in [-0.4, -0.2) is 24.1 Å². The summed E-state index contributed by atoms with van der Waals surface area (Å²) in [7, 11) is 1.34. The Bertz CT molecular complexity index is 822. The van der Waals surface area contributed by atoms with E-state index in [9.17, 15) is 10.1 Å². The largest absolute Gasteiger partial charge is 0.465 e. The molecule has 23 heavy (non-hydrogen) atoms. The quantitative estimate of drug-likeness (QED) is 0.813. The normalized spacial score (nSPS) is 16.5.